The van der Waals surface area contributed by atoms with Gasteiger partial charge in [-0.2, -0.15) is 0 Å². The highest BCUT2D eigenvalue weighted by molar-refractivity contribution is 7.90. The Morgan fingerprint density at radius 1 is 1.33 bits per heavy atom. The second-order valence-corrected chi connectivity index (χ2v) is 6.93. The molecule has 0 aliphatic rings. The summed E-state index contributed by atoms with van der Waals surface area (Å²) in [6, 6.07) is 4.80. The SMILES string of the molecule is CC(C)C(N)c1nnc(S(=O)(=O)Cc2cccc(F)c2)o1. The maximum atomic E-state index is 13.1. The van der Waals surface area contributed by atoms with Crippen molar-refractivity contribution in [3.8, 4) is 0 Å². The molecule has 0 fully saturated rings. The van der Waals surface area contributed by atoms with Crippen LogP contribution in [0, 0.1) is 11.7 Å². The quantitative estimate of drug-likeness (QED) is 0.904. The summed E-state index contributed by atoms with van der Waals surface area (Å²) in [5.41, 5.74) is 6.13. The standard InChI is InChI=1S/C13H16FN3O3S/c1-8(2)11(15)12-16-17-13(20-12)21(18,19)7-9-4-3-5-10(14)6-9/h3-6,8,11H,7,15H2,1-2H3. The highest BCUT2D eigenvalue weighted by Gasteiger charge is 2.26. The van der Waals surface area contributed by atoms with E-state index in [2.05, 4.69) is 10.2 Å². The third kappa shape index (κ3) is 3.64. The predicted molar refractivity (Wildman–Crippen MR) is 73.4 cm³/mol. The third-order valence-corrected chi connectivity index (χ3v) is 4.35. The molecular formula is C13H16FN3O3S. The molecule has 6 nitrogen and oxygen atoms in total. The summed E-state index contributed by atoms with van der Waals surface area (Å²) in [7, 11) is -3.83. The number of hydrogen-bond acceptors (Lipinski definition) is 6. The Hall–Kier alpha value is -1.80. The molecule has 2 N–H and O–H groups in total. The molecule has 21 heavy (non-hydrogen) atoms. The molecule has 0 radical (unpaired) electrons. The zero-order valence-electron chi connectivity index (χ0n) is 11.7. The summed E-state index contributed by atoms with van der Waals surface area (Å²) in [5.74, 6) is -0.814. The molecule has 1 aromatic carbocycles. The van der Waals surface area contributed by atoms with Crippen molar-refractivity contribution in [3.63, 3.8) is 0 Å². The first kappa shape index (κ1) is 15.6. The van der Waals surface area contributed by atoms with E-state index < -0.39 is 32.7 Å². The van der Waals surface area contributed by atoms with Gasteiger partial charge < -0.3 is 10.2 Å². The summed E-state index contributed by atoms with van der Waals surface area (Å²) in [5, 5.41) is 6.70. The van der Waals surface area contributed by atoms with E-state index in [0.29, 0.717) is 5.56 Å². The van der Waals surface area contributed by atoms with Crippen LogP contribution in [0.1, 0.15) is 31.3 Å². The van der Waals surface area contributed by atoms with Gasteiger partial charge in [-0.3, -0.25) is 0 Å². The lowest BCUT2D eigenvalue weighted by Crippen LogP contribution is -2.17. The smallest absolute Gasteiger partial charge is 0.335 e. The second kappa shape index (κ2) is 5.90. The lowest BCUT2D eigenvalue weighted by atomic mass is 10.1. The van der Waals surface area contributed by atoms with E-state index in [-0.39, 0.29) is 11.8 Å². The summed E-state index contributed by atoms with van der Waals surface area (Å²) in [6.45, 7) is 3.71. The molecule has 8 heteroatoms. The van der Waals surface area contributed by atoms with E-state index in [1.54, 1.807) is 0 Å². The lowest BCUT2D eigenvalue weighted by molar-refractivity contribution is 0.341. The van der Waals surface area contributed by atoms with Crippen molar-refractivity contribution in [2.24, 2.45) is 11.7 Å². The zero-order valence-corrected chi connectivity index (χ0v) is 12.5. The molecule has 114 valence electrons. The Morgan fingerprint density at radius 3 is 2.67 bits per heavy atom. The van der Waals surface area contributed by atoms with Crippen molar-refractivity contribution in [1.29, 1.82) is 0 Å². The van der Waals surface area contributed by atoms with Gasteiger partial charge in [-0.15, -0.1) is 5.10 Å². The van der Waals surface area contributed by atoms with E-state index in [4.69, 9.17) is 10.2 Å². The highest BCUT2D eigenvalue weighted by atomic mass is 32.2. The lowest BCUT2D eigenvalue weighted by Gasteiger charge is -2.09. The van der Waals surface area contributed by atoms with Crippen LogP contribution in [0.2, 0.25) is 0 Å². The van der Waals surface area contributed by atoms with Gasteiger partial charge in [-0.25, -0.2) is 12.8 Å². The van der Waals surface area contributed by atoms with Gasteiger partial charge in [0.15, 0.2) is 0 Å². The second-order valence-electron chi connectivity index (χ2n) is 5.07. The molecule has 0 saturated carbocycles. The molecule has 1 aromatic heterocycles. The summed E-state index contributed by atoms with van der Waals surface area (Å²) in [6.07, 6.45) is 0. The van der Waals surface area contributed by atoms with Crippen LogP contribution in [0.25, 0.3) is 0 Å². The molecule has 0 aliphatic heterocycles. The molecule has 0 aliphatic carbocycles. The fraction of sp³-hybridized carbons (Fsp3) is 0.385. The molecule has 0 spiro atoms. The minimum absolute atomic E-state index is 0.0317. The van der Waals surface area contributed by atoms with Crippen molar-refractivity contribution >= 4 is 9.84 Å². The molecule has 0 bridgehead atoms. The first-order chi connectivity index (χ1) is 9.79. The number of nitrogens with two attached hydrogens (primary N) is 1. The largest absolute Gasteiger partial charge is 0.411 e. The molecule has 1 heterocycles. The van der Waals surface area contributed by atoms with Crippen LogP contribution in [-0.2, 0) is 15.6 Å². The van der Waals surface area contributed by atoms with E-state index >= 15 is 0 Å². The Kier molecular flexibility index (Phi) is 4.38. The summed E-state index contributed by atoms with van der Waals surface area (Å²) >= 11 is 0. The summed E-state index contributed by atoms with van der Waals surface area (Å²) < 4.78 is 42.5. The van der Waals surface area contributed by atoms with Crippen LogP contribution in [0.15, 0.2) is 33.9 Å². The number of rotatable bonds is 5. The Labute approximate surface area is 122 Å². The number of benzene rings is 1. The Balaban J connectivity index is 2.24. The van der Waals surface area contributed by atoms with Gasteiger partial charge in [-0.1, -0.05) is 31.1 Å². The van der Waals surface area contributed by atoms with Gasteiger partial charge in [0.1, 0.15) is 5.82 Å². The molecule has 2 aromatic rings. The average molecular weight is 313 g/mol. The monoisotopic (exact) mass is 313 g/mol. The van der Waals surface area contributed by atoms with Crippen LogP contribution in [-0.4, -0.2) is 18.6 Å². The van der Waals surface area contributed by atoms with Crippen molar-refractivity contribution in [1.82, 2.24) is 10.2 Å². The minimum Gasteiger partial charge on any atom is -0.411 e. The van der Waals surface area contributed by atoms with Gasteiger partial charge in [0.25, 0.3) is 0 Å². The van der Waals surface area contributed by atoms with Crippen LogP contribution in [0.4, 0.5) is 4.39 Å². The topological polar surface area (TPSA) is 99.1 Å². The Morgan fingerprint density at radius 2 is 2.05 bits per heavy atom. The van der Waals surface area contributed by atoms with Gasteiger partial charge >= 0.3 is 5.22 Å². The van der Waals surface area contributed by atoms with Crippen molar-refractivity contribution in [2.45, 2.75) is 30.9 Å². The normalized spacial score (nSPS) is 13.6. The fourth-order valence-corrected chi connectivity index (χ4v) is 2.79. The Bertz CT molecular complexity index is 728. The third-order valence-electron chi connectivity index (χ3n) is 2.94. The predicted octanol–water partition coefficient (Wildman–Crippen LogP) is 1.84. The number of sulfone groups is 1. The first-order valence-electron chi connectivity index (χ1n) is 6.36. The number of nitrogens with zero attached hydrogens (tertiary/aromatic N) is 2. The van der Waals surface area contributed by atoms with Gasteiger partial charge in [-0.05, 0) is 23.6 Å². The summed E-state index contributed by atoms with van der Waals surface area (Å²) in [4.78, 5) is 0. The van der Waals surface area contributed by atoms with Crippen molar-refractivity contribution in [3.05, 3.63) is 41.5 Å². The fourth-order valence-electron chi connectivity index (χ4n) is 1.67. The zero-order chi connectivity index (χ0) is 15.6. The van der Waals surface area contributed by atoms with Crippen LogP contribution >= 0.6 is 0 Å². The maximum Gasteiger partial charge on any atom is 0.335 e. The number of halogens is 1. The average Bonchev–Trinajstić information content (AvgIpc) is 2.87. The van der Waals surface area contributed by atoms with Crippen molar-refractivity contribution < 1.29 is 17.2 Å². The van der Waals surface area contributed by atoms with Gasteiger partial charge in [0.05, 0.1) is 11.8 Å². The van der Waals surface area contributed by atoms with Crippen LogP contribution in [0.5, 0.6) is 0 Å². The maximum absolute atomic E-state index is 13.1. The van der Waals surface area contributed by atoms with Crippen LogP contribution in [0.3, 0.4) is 0 Å². The van der Waals surface area contributed by atoms with Crippen molar-refractivity contribution in [2.75, 3.05) is 0 Å². The first-order valence-corrected chi connectivity index (χ1v) is 8.01. The van der Waals surface area contributed by atoms with Crippen LogP contribution < -0.4 is 5.73 Å². The number of hydrogen-bond donors (Lipinski definition) is 1. The van der Waals surface area contributed by atoms with E-state index in [0.717, 1.165) is 6.07 Å². The molecule has 2 rings (SSSR count). The highest BCUT2D eigenvalue weighted by Crippen LogP contribution is 2.21. The molecule has 1 unspecified atom stereocenters. The number of aromatic nitrogens is 2. The molecule has 0 amide bonds. The van der Waals surface area contributed by atoms with E-state index in [1.165, 1.54) is 18.2 Å². The van der Waals surface area contributed by atoms with Gasteiger partial charge in [0.2, 0.25) is 15.7 Å². The minimum atomic E-state index is -3.83. The molecule has 1 atom stereocenters. The van der Waals surface area contributed by atoms with E-state index in [9.17, 15) is 12.8 Å². The van der Waals surface area contributed by atoms with E-state index in [1.807, 2.05) is 13.8 Å². The van der Waals surface area contributed by atoms with Gasteiger partial charge in [0, 0.05) is 0 Å². The molecule has 0 saturated heterocycles. The molecular weight excluding hydrogens is 297 g/mol.